The average Bonchev–Trinajstić information content (AvgIpc) is 3.37. The Morgan fingerprint density at radius 1 is 1.21 bits per heavy atom. The van der Waals surface area contributed by atoms with Gasteiger partial charge in [-0.2, -0.15) is 0 Å². The van der Waals surface area contributed by atoms with Crippen LogP contribution in [-0.4, -0.2) is 33.8 Å². The molecule has 1 fully saturated rings. The van der Waals surface area contributed by atoms with E-state index in [1.54, 1.807) is 54.9 Å². The van der Waals surface area contributed by atoms with E-state index in [4.69, 9.17) is 9.15 Å². The standard InChI is InChI=1S/C22H18N2O5/c1-28-16-7-2-6-15(11-16)20(25)18-19(17-8-4-10-29-17)24(22(27)21(18)26)13-14-5-3-9-23-12-14/h2-12,19,25H,13H2,1H3/b20-18+/t19-/m0/s1. The smallest absolute Gasteiger partial charge is 0.296 e. The van der Waals surface area contributed by atoms with Crippen LogP contribution in [0.25, 0.3) is 5.76 Å². The number of amides is 1. The maximum absolute atomic E-state index is 12.9. The molecule has 7 heteroatoms. The Morgan fingerprint density at radius 2 is 2.07 bits per heavy atom. The van der Waals surface area contributed by atoms with Crippen molar-refractivity contribution in [1.29, 1.82) is 0 Å². The van der Waals surface area contributed by atoms with Crippen molar-refractivity contribution < 1.29 is 23.8 Å². The predicted octanol–water partition coefficient (Wildman–Crippen LogP) is 3.31. The highest BCUT2D eigenvalue weighted by molar-refractivity contribution is 6.46. The Balaban J connectivity index is 1.83. The number of aliphatic hydroxyl groups excluding tert-OH is 1. The van der Waals surface area contributed by atoms with Crippen LogP contribution >= 0.6 is 0 Å². The molecule has 1 saturated heterocycles. The van der Waals surface area contributed by atoms with Crippen LogP contribution in [0.3, 0.4) is 0 Å². The molecule has 146 valence electrons. The molecule has 0 spiro atoms. The highest BCUT2D eigenvalue weighted by Gasteiger charge is 2.47. The molecule has 1 amide bonds. The summed E-state index contributed by atoms with van der Waals surface area (Å²) in [6.45, 7) is 0.151. The maximum Gasteiger partial charge on any atom is 0.296 e. The van der Waals surface area contributed by atoms with E-state index in [0.29, 0.717) is 17.1 Å². The lowest BCUT2D eigenvalue weighted by Gasteiger charge is -2.23. The van der Waals surface area contributed by atoms with Crippen molar-refractivity contribution in [3.8, 4) is 5.75 Å². The fraction of sp³-hybridized carbons (Fsp3) is 0.136. The van der Waals surface area contributed by atoms with E-state index in [-0.39, 0.29) is 17.9 Å². The number of ether oxygens (including phenoxy) is 1. The largest absolute Gasteiger partial charge is 0.507 e. The molecule has 1 N–H and O–H groups in total. The van der Waals surface area contributed by atoms with E-state index < -0.39 is 17.7 Å². The molecule has 2 aromatic heterocycles. The lowest BCUT2D eigenvalue weighted by atomic mass is 9.99. The van der Waals surface area contributed by atoms with Crippen LogP contribution in [0.5, 0.6) is 5.75 Å². The van der Waals surface area contributed by atoms with E-state index in [2.05, 4.69) is 4.98 Å². The monoisotopic (exact) mass is 390 g/mol. The van der Waals surface area contributed by atoms with E-state index in [0.717, 1.165) is 5.56 Å². The summed E-state index contributed by atoms with van der Waals surface area (Å²) in [6, 6.07) is 12.7. The van der Waals surface area contributed by atoms with Crippen molar-refractivity contribution in [1.82, 2.24) is 9.88 Å². The fourth-order valence-electron chi connectivity index (χ4n) is 3.40. The molecule has 0 aliphatic carbocycles. The minimum atomic E-state index is -0.851. The molecule has 1 atom stereocenters. The first-order valence-electron chi connectivity index (χ1n) is 8.95. The van der Waals surface area contributed by atoms with Crippen LogP contribution in [-0.2, 0) is 16.1 Å². The second-order valence-electron chi connectivity index (χ2n) is 6.54. The van der Waals surface area contributed by atoms with Gasteiger partial charge in [-0.15, -0.1) is 0 Å². The van der Waals surface area contributed by atoms with Crippen molar-refractivity contribution in [3.63, 3.8) is 0 Å². The molecule has 7 nitrogen and oxygen atoms in total. The molecule has 1 aromatic carbocycles. The molecule has 1 aliphatic heterocycles. The molecular weight excluding hydrogens is 372 g/mol. The third-order valence-electron chi connectivity index (χ3n) is 4.77. The van der Waals surface area contributed by atoms with Crippen molar-refractivity contribution in [3.05, 3.63) is 89.6 Å². The number of hydrogen-bond acceptors (Lipinski definition) is 6. The van der Waals surface area contributed by atoms with Gasteiger partial charge >= 0.3 is 0 Å². The van der Waals surface area contributed by atoms with Crippen LogP contribution in [0, 0.1) is 0 Å². The third kappa shape index (κ3) is 3.38. The summed E-state index contributed by atoms with van der Waals surface area (Å²) in [5, 5.41) is 11.0. The number of nitrogens with zero attached hydrogens (tertiary/aromatic N) is 2. The minimum absolute atomic E-state index is 0.0258. The number of methoxy groups -OCH3 is 1. The van der Waals surface area contributed by atoms with Gasteiger partial charge in [0.25, 0.3) is 11.7 Å². The minimum Gasteiger partial charge on any atom is -0.507 e. The normalized spacial score (nSPS) is 18.2. The summed E-state index contributed by atoms with van der Waals surface area (Å²) in [5.41, 5.74) is 1.11. The molecule has 0 unspecified atom stereocenters. The number of pyridine rings is 1. The highest BCUT2D eigenvalue weighted by Crippen LogP contribution is 2.40. The van der Waals surface area contributed by atoms with Crippen LogP contribution in [0.2, 0.25) is 0 Å². The van der Waals surface area contributed by atoms with Crippen LogP contribution in [0.4, 0.5) is 0 Å². The number of ketones is 1. The molecule has 0 radical (unpaired) electrons. The number of aliphatic hydroxyl groups is 1. The van der Waals surface area contributed by atoms with Gasteiger partial charge in [0.15, 0.2) is 0 Å². The highest BCUT2D eigenvalue weighted by atomic mass is 16.5. The number of carbonyl (C=O) groups is 2. The summed E-state index contributed by atoms with van der Waals surface area (Å²) < 4.78 is 10.7. The Labute approximate surface area is 166 Å². The number of furan rings is 1. The van der Waals surface area contributed by atoms with Crippen molar-refractivity contribution >= 4 is 17.4 Å². The van der Waals surface area contributed by atoms with Gasteiger partial charge in [-0.05, 0) is 35.9 Å². The Kier molecular flexibility index (Phi) is 4.87. The number of aromatic nitrogens is 1. The van der Waals surface area contributed by atoms with Gasteiger partial charge in [0.2, 0.25) is 0 Å². The van der Waals surface area contributed by atoms with E-state index in [1.165, 1.54) is 18.3 Å². The first kappa shape index (κ1) is 18.5. The summed E-state index contributed by atoms with van der Waals surface area (Å²) in [7, 11) is 1.51. The fourth-order valence-corrected chi connectivity index (χ4v) is 3.40. The van der Waals surface area contributed by atoms with Gasteiger partial charge in [-0.1, -0.05) is 18.2 Å². The predicted molar refractivity (Wildman–Crippen MR) is 104 cm³/mol. The van der Waals surface area contributed by atoms with Crippen LogP contribution in [0.1, 0.15) is 22.9 Å². The van der Waals surface area contributed by atoms with Gasteiger partial charge in [-0.25, -0.2) is 0 Å². The maximum atomic E-state index is 12.9. The second kappa shape index (κ2) is 7.63. The zero-order valence-electron chi connectivity index (χ0n) is 15.6. The molecule has 1 aliphatic rings. The zero-order valence-corrected chi connectivity index (χ0v) is 15.6. The summed E-state index contributed by atoms with van der Waals surface area (Å²) in [6.07, 6.45) is 4.72. The summed E-state index contributed by atoms with van der Waals surface area (Å²) in [5.74, 6) is -0.849. The Morgan fingerprint density at radius 3 is 2.76 bits per heavy atom. The van der Waals surface area contributed by atoms with E-state index in [1.807, 2.05) is 6.07 Å². The zero-order chi connectivity index (χ0) is 20.4. The van der Waals surface area contributed by atoms with E-state index in [9.17, 15) is 14.7 Å². The molecular formula is C22H18N2O5. The second-order valence-corrected chi connectivity index (χ2v) is 6.54. The number of rotatable bonds is 5. The van der Waals surface area contributed by atoms with Gasteiger partial charge < -0.3 is 19.2 Å². The van der Waals surface area contributed by atoms with Gasteiger partial charge in [0, 0.05) is 24.5 Å². The number of benzene rings is 1. The van der Waals surface area contributed by atoms with Gasteiger partial charge in [0.1, 0.15) is 23.3 Å². The first-order chi connectivity index (χ1) is 14.1. The average molecular weight is 390 g/mol. The van der Waals surface area contributed by atoms with Gasteiger partial charge in [0.05, 0.1) is 18.9 Å². The SMILES string of the molecule is COc1cccc(/C(O)=C2\C(=O)C(=O)N(Cc3cccnc3)[C@H]2c2ccco2)c1. The topological polar surface area (TPSA) is 92.9 Å². The molecule has 3 aromatic rings. The Hall–Kier alpha value is -3.87. The van der Waals surface area contributed by atoms with E-state index >= 15 is 0 Å². The lowest BCUT2D eigenvalue weighted by Crippen LogP contribution is -2.29. The van der Waals surface area contributed by atoms with Crippen LogP contribution < -0.4 is 4.74 Å². The molecule has 4 rings (SSSR count). The van der Waals surface area contributed by atoms with Gasteiger partial charge in [-0.3, -0.25) is 14.6 Å². The number of likely N-dealkylation sites (tertiary alicyclic amines) is 1. The summed E-state index contributed by atoms with van der Waals surface area (Å²) >= 11 is 0. The number of Topliss-reactive ketones (excluding diaryl/α,β-unsaturated/α-hetero) is 1. The quantitative estimate of drug-likeness (QED) is 0.408. The molecule has 0 bridgehead atoms. The lowest BCUT2D eigenvalue weighted by molar-refractivity contribution is -0.140. The molecule has 3 heterocycles. The van der Waals surface area contributed by atoms with Crippen molar-refractivity contribution in [2.24, 2.45) is 0 Å². The number of hydrogen-bond donors (Lipinski definition) is 1. The molecule has 0 saturated carbocycles. The van der Waals surface area contributed by atoms with Crippen molar-refractivity contribution in [2.75, 3.05) is 7.11 Å². The summed E-state index contributed by atoms with van der Waals surface area (Å²) in [4.78, 5) is 31.1. The van der Waals surface area contributed by atoms with Crippen LogP contribution in [0.15, 0.2) is 77.2 Å². The molecule has 29 heavy (non-hydrogen) atoms. The first-order valence-corrected chi connectivity index (χ1v) is 8.95. The third-order valence-corrected chi connectivity index (χ3v) is 4.77. The number of carbonyl (C=O) groups excluding carboxylic acids is 2. The Bertz CT molecular complexity index is 1070. The van der Waals surface area contributed by atoms with Crippen molar-refractivity contribution in [2.45, 2.75) is 12.6 Å².